The quantitative estimate of drug-likeness (QED) is 0.118. The van der Waals surface area contributed by atoms with Crippen molar-refractivity contribution < 1.29 is 14.8 Å². The van der Waals surface area contributed by atoms with Crippen LogP contribution in [0.4, 0.5) is 11.5 Å². The van der Waals surface area contributed by atoms with Crippen LogP contribution in [-0.2, 0) is 9.59 Å². The van der Waals surface area contributed by atoms with Crippen LogP contribution in [0.5, 0.6) is 0 Å². The van der Waals surface area contributed by atoms with Gasteiger partial charge in [0.2, 0.25) is 5.91 Å². The van der Waals surface area contributed by atoms with Crippen LogP contribution in [0.2, 0.25) is 0 Å². The molecule has 180 valence electrons. The van der Waals surface area contributed by atoms with E-state index in [1.807, 2.05) is 48.5 Å². The van der Waals surface area contributed by atoms with Gasteiger partial charge in [0.05, 0.1) is 11.9 Å². The predicted octanol–water partition coefficient (Wildman–Crippen LogP) is 3.22. The van der Waals surface area contributed by atoms with Crippen molar-refractivity contribution in [1.29, 1.82) is 0 Å². The lowest BCUT2D eigenvalue weighted by Crippen LogP contribution is -2.33. The Kier molecular flexibility index (Phi) is 7.66. The summed E-state index contributed by atoms with van der Waals surface area (Å²) in [7, 11) is 0. The Morgan fingerprint density at radius 3 is 2.54 bits per heavy atom. The lowest BCUT2D eigenvalue weighted by molar-refractivity contribution is -0.128. The van der Waals surface area contributed by atoms with E-state index in [9.17, 15) is 9.59 Å². The number of hydrogen-bond acceptors (Lipinski definition) is 7. The fourth-order valence-corrected chi connectivity index (χ4v) is 3.64. The van der Waals surface area contributed by atoms with E-state index in [0.717, 1.165) is 28.1 Å². The molecule has 0 radical (unpaired) electrons. The summed E-state index contributed by atoms with van der Waals surface area (Å²) in [5, 5.41) is 18.4. The lowest BCUT2D eigenvalue weighted by Gasteiger charge is -2.15. The number of carbonyl (C=O) groups is 2. The molecule has 4 rings (SSSR count). The third-order valence-electron chi connectivity index (χ3n) is 5.50. The number of hydroxylamine groups is 1. The van der Waals surface area contributed by atoms with Crippen LogP contribution in [0.3, 0.4) is 0 Å². The average molecular weight is 474 g/mol. The van der Waals surface area contributed by atoms with E-state index in [-0.39, 0.29) is 24.9 Å². The van der Waals surface area contributed by atoms with Crippen molar-refractivity contribution in [2.45, 2.75) is 19.4 Å². The Balaban J connectivity index is 1.40. The summed E-state index contributed by atoms with van der Waals surface area (Å²) < 4.78 is 0. The van der Waals surface area contributed by atoms with Gasteiger partial charge >= 0.3 is 0 Å². The zero-order valence-electron chi connectivity index (χ0n) is 19.2. The van der Waals surface area contributed by atoms with Gasteiger partial charge in [-0.2, -0.15) is 0 Å². The van der Waals surface area contributed by atoms with E-state index in [1.54, 1.807) is 0 Å². The number of carbonyl (C=O) groups excluding carboxylic acids is 2. The molecule has 0 aliphatic heterocycles. The topological polar surface area (TPSA) is 144 Å². The van der Waals surface area contributed by atoms with Crippen molar-refractivity contribution in [2.75, 3.05) is 23.7 Å². The summed E-state index contributed by atoms with van der Waals surface area (Å²) in [6.45, 7) is 2.34. The molecule has 0 aliphatic rings. The maximum atomic E-state index is 12.1. The van der Waals surface area contributed by atoms with Crippen molar-refractivity contribution in [3.63, 3.8) is 0 Å². The van der Waals surface area contributed by atoms with Crippen molar-refractivity contribution >= 4 is 34.4 Å². The molecule has 35 heavy (non-hydrogen) atoms. The largest absolute Gasteiger partial charge is 0.363 e. The van der Waals surface area contributed by atoms with Crippen molar-refractivity contribution in [3.8, 4) is 11.3 Å². The highest BCUT2D eigenvalue weighted by atomic mass is 16.5. The molecule has 1 atom stereocenters. The molecule has 6 N–H and O–H groups in total. The molecule has 0 fully saturated rings. The van der Waals surface area contributed by atoms with Crippen LogP contribution in [0, 0.1) is 0 Å². The zero-order valence-corrected chi connectivity index (χ0v) is 19.2. The Morgan fingerprint density at radius 2 is 1.80 bits per heavy atom. The van der Waals surface area contributed by atoms with E-state index in [4.69, 9.17) is 5.21 Å². The minimum absolute atomic E-state index is 0.0598. The highest BCUT2D eigenvalue weighted by Crippen LogP contribution is 2.29. The predicted molar refractivity (Wildman–Crippen MR) is 134 cm³/mol. The molecule has 2 aromatic heterocycles. The first-order valence-electron chi connectivity index (χ1n) is 11.2. The van der Waals surface area contributed by atoms with Crippen LogP contribution >= 0.6 is 0 Å². The number of nitrogens with one attached hydrogen (secondary N) is 5. The van der Waals surface area contributed by atoms with Crippen molar-refractivity contribution in [3.05, 3.63) is 72.6 Å². The molecule has 4 aromatic rings. The van der Waals surface area contributed by atoms with Crippen LogP contribution in [-0.4, -0.2) is 45.1 Å². The first-order valence-corrected chi connectivity index (χ1v) is 11.2. The molecular weight excluding hydrogens is 446 g/mol. The van der Waals surface area contributed by atoms with Gasteiger partial charge in [-0.25, -0.2) is 15.4 Å². The number of nitrogens with zero attached hydrogens (tertiary/aromatic N) is 2. The number of aromatic nitrogens is 3. The average Bonchev–Trinajstić information content (AvgIpc) is 3.33. The van der Waals surface area contributed by atoms with E-state index >= 15 is 0 Å². The summed E-state index contributed by atoms with van der Waals surface area (Å²) in [5.74, 6) is 0.0131. The summed E-state index contributed by atoms with van der Waals surface area (Å²) in [6, 6.07) is 19.7. The maximum Gasteiger partial charge on any atom is 0.257 e. The number of H-pyrrole nitrogens is 1. The van der Waals surface area contributed by atoms with Crippen molar-refractivity contribution in [1.82, 2.24) is 25.7 Å². The Bertz CT molecular complexity index is 1290. The van der Waals surface area contributed by atoms with Crippen LogP contribution in [0.15, 0.2) is 67.0 Å². The number of fused-ring (bicyclic) bond motifs is 1. The maximum absolute atomic E-state index is 12.1. The molecule has 0 saturated carbocycles. The van der Waals surface area contributed by atoms with E-state index in [1.165, 1.54) is 17.4 Å². The number of aromatic amines is 1. The molecule has 10 heteroatoms. The van der Waals surface area contributed by atoms with Gasteiger partial charge in [0.25, 0.3) is 5.91 Å². The van der Waals surface area contributed by atoms with Crippen molar-refractivity contribution in [2.24, 2.45) is 0 Å². The SMILES string of the molecule is C[C@@H](Nc1ncnc2[nH]c(-c3ccc(NC(=O)CCNCC(=O)NO)cc3)cc12)c1ccccc1. The summed E-state index contributed by atoms with van der Waals surface area (Å²) >= 11 is 0. The Morgan fingerprint density at radius 1 is 1.03 bits per heavy atom. The molecule has 0 unspecified atom stereocenters. The van der Waals surface area contributed by atoms with Gasteiger partial charge in [-0.3, -0.25) is 14.8 Å². The highest BCUT2D eigenvalue weighted by molar-refractivity contribution is 5.93. The first kappa shape index (κ1) is 23.9. The van der Waals surface area contributed by atoms with Gasteiger partial charge < -0.3 is 20.9 Å². The molecule has 10 nitrogen and oxygen atoms in total. The monoisotopic (exact) mass is 473 g/mol. The summed E-state index contributed by atoms with van der Waals surface area (Å²) in [4.78, 5) is 35.2. The van der Waals surface area contributed by atoms with Crippen LogP contribution in [0.25, 0.3) is 22.3 Å². The molecule has 2 aromatic carbocycles. The van der Waals surface area contributed by atoms with Gasteiger partial charge in [-0.05, 0) is 36.2 Å². The minimum Gasteiger partial charge on any atom is -0.363 e. The molecule has 2 heterocycles. The number of benzene rings is 2. The van der Waals surface area contributed by atoms with E-state index < -0.39 is 5.91 Å². The van der Waals surface area contributed by atoms with Gasteiger partial charge in [-0.1, -0.05) is 42.5 Å². The Hall–Kier alpha value is -4.28. The Labute approximate surface area is 202 Å². The number of amides is 2. The third kappa shape index (κ3) is 6.19. The molecule has 0 spiro atoms. The second-order valence-electron chi connectivity index (χ2n) is 8.03. The second-order valence-corrected chi connectivity index (χ2v) is 8.03. The number of anilines is 2. The molecule has 0 saturated heterocycles. The molecule has 0 aliphatic carbocycles. The third-order valence-corrected chi connectivity index (χ3v) is 5.50. The number of rotatable bonds is 10. The highest BCUT2D eigenvalue weighted by Gasteiger charge is 2.13. The molecular formula is C25H27N7O3. The fraction of sp³-hybridized carbons (Fsp3) is 0.200. The van der Waals surface area contributed by atoms with Crippen LogP contribution in [0.1, 0.15) is 24.9 Å². The standard InChI is InChI=1S/C25H27N7O3/c1-16(17-5-3-2-4-6-17)29-24-20-13-21(31-25(20)28-15-27-24)18-7-9-19(10-8-18)30-22(33)11-12-26-14-23(34)32-35/h2-10,13,15-16,26,35H,11-12,14H2,1H3,(H,30,33)(H,32,34)(H2,27,28,29,31)/t16-/m1/s1. The number of hydrogen-bond donors (Lipinski definition) is 6. The van der Waals surface area contributed by atoms with Gasteiger partial charge in [0.15, 0.2) is 0 Å². The van der Waals surface area contributed by atoms with Gasteiger partial charge in [0.1, 0.15) is 17.8 Å². The normalized spacial score (nSPS) is 11.7. The van der Waals surface area contributed by atoms with Gasteiger partial charge in [0, 0.05) is 30.4 Å². The van der Waals surface area contributed by atoms with E-state index in [2.05, 4.69) is 50.0 Å². The lowest BCUT2D eigenvalue weighted by atomic mass is 10.1. The fourth-order valence-electron chi connectivity index (χ4n) is 3.64. The summed E-state index contributed by atoms with van der Waals surface area (Å²) in [5.41, 5.74) is 5.92. The smallest absolute Gasteiger partial charge is 0.257 e. The van der Waals surface area contributed by atoms with Gasteiger partial charge in [-0.15, -0.1) is 0 Å². The van der Waals surface area contributed by atoms with Crippen LogP contribution < -0.4 is 21.4 Å². The molecule has 2 amide bonds. The first-order chi connectivity index (χ1) is 17.0. The van der Waals surface area contributed by atoms with E-state index in [0.29, 0.717) is 12.2 Å². The zero-order chi connectivity index (χ0) is 24.6. The summed E-state index contributed by atoms with van der Waals surface area (Å²) in [6.07, 6.45) is 1.73. The second kappa shape index (κ2) is 11.2. The minimum atomic E-state index is -0.558. The molecule has 0 bridgehead atoms.